The molecule has 3 N–H and O–H groups in total. The monoisotopic (exact) mass is 530 g/mol. The van der Waals surface area contributed by atoms with E-state index in [2.05, 4.69) is 15.3 Å². The van der Waals surface area contributed by atoms with Crippen LogP contribution in [0.5, 0.6) is 11.5 Å². The summed E-state index contributed by atoms with van der Waals surface area (Å²) in [6.45, 7) is 4.00. The molecule has 0 saturated carbocycles. The third-order valence-corrected chi connectivity index (χ3v) is 5.86. The number of hydrogen-bond acceptors (Lipinski definition) is 6. The summed E-state index contributed by atoms with van der Waals surface area (Å²) in [5.41, 5.74) is 8.13. The van der Waals surface area contributed by atoms with E-state index in [1.54, 1.807) is 44.4 Å². The van der Waals surface area contributed by atoms with Crippen molar-refractivity contribution in [1.29, 1.82) is 0 Å². The van der Waals surface area contributed by atoms with Crippen LogP contribution in [0.3, 0.4) is 0 Å². The molecular weight excluding hydrogens is 503 g/mol. The Morgan fingerprint density at radius 1 is 0.889 bits per heavy atom. The summed E-state index contributed by atoms with van der Waals surface area (Å²) in [6.07, 6.45) is 3.30. The van der Waals surface area contributed by atoms with Gasteiger partial charge in [-0.3, -0.25) is 19.6 Å². The molecule has 0 unspecified atom stereocenters. The van der Waals surface area contributed by atoms with Gasteiger partial charge in [0.2, 0.25) is 5.91 Å². The number of rotatable bonds is 6. The van der Waals surface area contributed by atoms with Crippen molar-refractivity contribution in [2.24, 2.45) is 15.7 Å². The summed E-state index contributed by atoms with van der Waals surface area (Å²) in [6, 6.07) is 7.82. The molecule has 3 rings (SSSR count). The first kappa shape index (κ1) is 28.6. The second-order valence-corrected chi connectivity index (χ2v) is 7.74. The van der Waals surface area contributed by atoms with Crippen LogP contribution in [0.1, 0.15) is 29.8 Å². The molecule has 0 atom stereocenters. The van der Waals surface area contributed by atoms with Crippen LogP contribution in [0.25, 0.3) is 5.57 Å². The van der Waals surface area contributed by atoms with E-state index < -0.39 is 11.8 Å². The normalized spacial score (nSPS) is 14.9. The van der Waals surface area contributed by atoms with Gasteiger partial charge in [0.15, 0.2) is 0 Å². The molecule has 0 radical (unpaired) electrons. The standard InChI is InChI=1S/C24H22Cl2N4O4.C2H6/c1-28-21-14(18-19(25)16(33-3)11-17(34-4)20(18)26)9-10-15(22(21)29-2)24(32)30-13-7-5-12(6-8-13)23(27)31;1-2/h5-11H,1-4H3,(H2,27,31)(H,30,32);1-2H3. The number of benzene rings is 2. The molecule has 8 nitrogen and oxygen atoms in total. The van der Waals surface area contributed by atoms with Crippen LogP contribution in [0, 0.1) is 0 Å². The van der Waals surface area contributed by atoms with Gasteiger partial charge in [-0.25, -0.2) is 0 Å². The second-order valence-electron chi connectivity index (χ2n) is 6.98. The molecule has 0 spiro atoms. The Morgan fingerprint density at radius 2 is 1.42 bits per heavy atom. The third-order valence-electron chi connectivity index (χ3n) is 5.11. The smallest absolute Gasteiger partial charge is 0.257 e. The molecule has 0 aliphatic heterocycles. The first-order valence-electron chi connectivity index (χ1n) is 11.0. The number of nitrogens with one attached hydrogen (secondary N) is 1. The molecule has 0 fully saturated rings. The van der Waals surface area contributed by atoms with E-state index in [0.717, 1.165) is 0 Å². The Hall–Kier alpha value is -3.62. The van der Waals surface area contributed by atoms with Crippen LogP contribution in [0.4, 0.5) is 5.69 Å². The first-order valence-corrected chi connectivity index (χ1v) is 11.7. The molecule has 1 aliphatic rings. The predicted octanol–water partition coefficient (Wildman–Crippen LogP) is 5.24. The molecule has 2 aromatic carbocycles. The van der Waals surface area contributed by atoms with Crippen molar-refractivity contribution >= 4 is 57.7 Å². The Balaban J connectivity index is 0.00000222. The van der Waals surface area contributed by atoms with Crippen molar-refractivity contribution in [2.45, 2.75) is 13.8 Å². The molecule has 2 amide bonds. The van der Waals surface area contributed by atoms with Gasteiger partial charge in [0, 0.05) is 42.5 Å². The van der Waals surface area contributed by atoms with Gasteiger partial charge in [0.05, 0.1) is 41.3 Å². The van der Waals surface area contributed by atoms with Crippen LogP contribution in [0.2, 0.25) is 10.0 Å². The molecule has 0 aromatic heterocycles. The zero-order valence-electron chi connectivity index (χ0n) is 20.9. The van der Waals surface area contributed by atoms with Crippen molar-refractivity contribution in [3.05, 3.63) is 69.2 Å². The van der Waals surface area contributed by atoms with E-state index in [1.807, 2.05) is 13.8 Å². The van der Waals surface area contributed by atoms with E-state index in [0.29, 0.717) is 45.3 Å². The van der Waals surface area contributed by atoms with E-state index in [1.165, 1.54) is 26.4 Å². The second kappa shape index (κ2) is 12.9. The van der Waals surface area contributed by atoms with Gasteiger partial charge in [0.1, 0.15) is 11.5 Å². The molecule has 190 valence electrons. The van der Waals surface area contributed by atoms with Gasteiger partial charge >= 0.3 is 0 Å². The van der Waals surface area contributed by atoms with Gasteiger partial charge in [-0.05, 0) is 30.3 Å². The first-order chi connectivity index (χ1) is 17.3. The van der Waals surface area contributed by atoms with Gasteiger partial charge in [0.25, 0.3) is 5.91 Å². The number of amides is 2. The van der Waals surface area contributed by atoms with Crippen LogP contribution in [-0.2, 0) is 4.79 Å². The summed E-state index contributed by atoms with van der Waals surface area (Å²) in [5.74, 6) is -0.224. The quantitative estimate of drug-likeness (QED) is 0.496. The Labute approximate surface area is 220 Å². The highest BCUT2D eigenvalue weighted by atomic mass is 35.5. The number of nitrogens with zero attached hydrogens (tertiary/aromatic N) is 2. The number of hydrogen-bond donors (Lipinski definition) is 2. The number of ether oxygens (including phenoxy) is 2. The van der Waals surface area contributed by atoms with Crippen LogP contribution in [0.15, 0.2) is 58.0 Å². The highest BCUT2D eigenvalue weighted by Crippen LogP contribution is 2.45. The van der Waals surface area contributed by atoms with E-state index >= 15 is 0 Å². The summed E-state index contributed by atoms with van der Waals surface area (Å²) >= 11 is 13.2. The number of aliphatic imine (C=N–C) groups is 2. The average molecular weight is 531 g/mol. The van der Waals surface area contributed by atoms with Gasteiger partial charge < -0.3 is 20.5 Å². The van der Waals surface area contributed by atoms with Crippen LogP contribution < -0.4 is 20.5 Å². The Morgan fingerprint density at radius 3 is 1.86 bits per heavy atom. The van der Waals surface area contributed by atoms with Gasteiger partial charge in [-0.2, -0.15) is 0 Å². The lowest BCUT2D eigenvalue weighted by Crippen LogP contribution is -2.29. The Bertz CT molecular complexity index is 1250. The highest BCUT2D eigenvalue weighted by molar-refractivity contribution is 6.67. The number of primary amides is 1. The van der Waals surface area contributed by atoms with E-state index in [4.69, 9.17) is 38.4 Å². The largest absolute Gasteiger partial charge is 0.495 e. The zero-order valence-corrected chi connectivity index (χ0v) is 22.4. The number of anilines is 1. The average Bonchev–Trinajstić information content (AvgIpc) is 2.89. The van der Waals surface area contributed by atoms with Crippen molar-refractivity contribution in [2.75, 3.05) is 33.6 Å². The van der Waals surface area contributed by atoms with Crippen LogP contribution in [-0.4, -0.2) is 51.6 Å². The topological polar surface area (TPSA) is 115 Å². The SMILES string of the molecule is CC.CN=C1C(C(=O)Nc2ccc(C(N)=O)cc2)=CC=C(c2c(Cl)c(OC)cc(OC)c2Cl)C1=NC. The fourth-order valence-electron chi connectivity index (χ4n) is 3.46. The summed E-state index contributed by atoms with van der Waals surface area (Å²) < 4.78 is 10.7. The predicted molar refractivity (Wildman–Crippen MR) is 147 cm³/mol. The number of halogens is 2. The lowest BCUT2D eigenvalue weighted by molar-refractivity contribution is -0.112. The van der Waals surface area contributed by atoms with Gasteiger partial charge in [-0.15, -0.1) is 0 Å². The number of carbonyl (C=O) groups is 2. The lowest BCUT2D eigenvalue weighted by Gasteiger charge is -2.22. The molecule has 0 saturated heterocycles. The maximum atomic E-state index is 13.1. The fraction of sp³-hybridized carbons (Fsp3) is 0.231. The number of carbonyl (C=O) groups excluding carboxylic acids is 2. The van der Waals surface area contributed by atoms with Crippen molar-refractivity contribution in [3.8, 4) is 11.5 Å². The van der Waals surface area contributed by atoms with E-state index in [9.17, 15) is 9.59 Å². The summed E-state index contributed by atoms with van der Waals surface area (Å²) in [7, 11) is 6.11. The minimum Gasteiger partial charge on any atom is -0.495 e. The molecular formula is C26H28Cl2N4O4. The Kier molecular flexibility index (Phi) is 10.3. The number of methoxy groups -OCH3 is 2. The molecule has 1 aliphatic carbocycles. The molecule has 0 heterocycles. The highest BCUT2D eigenvalue weighted by Gasteiger charge is 2.30. The van der Waals surface area contributed by atoms with Crippen molar-refractivity contribution in [1.82, 2.24) is 0 Å². The summed E-state index contributed by atoms with van der Waals surface area (Å²) in [5, 5.41) is 3.32. The zero-order chi connectivity index (χ0) is 27.0. The maximum absolute atomic E-state index is 13.1. The molecule has 0 bridgehead atoms. The van der Waals surface area contributed by atoms with Crippen LogP contribution >= 0.6 is 23.2 Å². The lowest BCUT2D eigenvalue weighted by atomic mass is 9.88. The summed E-state index contributed by atoms with van der Waals surface area (Å²) in [4.78, 5) is 33.0. The van der Waals surface area contributed by atoms with Gasteiger partial charge in [-0.1, -0.05) is 43.1 Å². The third kappa shape index (κ3) is 5.78. The number of allylic oxidation sites excluding steroid dienone is 3. The molecule has 10 heteroatoms. The maximum Gasteiger partial charge on any atom is 0.257 e. The van der Waals surface area contributed by atoms with E-state index in [-0.39, 0.29) is 15.6 Å². The minimum absolute atomic E-state index is 0.270. The minimum atomic E-state index is -0.554. The fourth-order valence-corrected chi connectivity index (χ4v) is 4.16. The van der Waals surface area contributed by atoms with Crippen molar-refractivity contribution < 1.29 is 19.1 Å². The number of nitrogens with two attached hydrogens (primary N) is 1. The molecule has 36 heavy (non-hydrogen) atoms. The van der Waals surface area contributed by atoms with Crippen molar-refractivity contribution in [3.63, 3.8) is 0 Å². The molecule has 2 aromatic rings.